The van der Waals surface area contributed by atoms with Crippen LogP contribution in [-0.2, 0) is 18.9 Å². The molecular weight excluding hydrogens is 236 g/mol. The van der Waals surface area contributed by atoms with Gasteiger partial charge in [0.25, 0.3) is 0 Å². The molecule has 2 saturated heterocycles. The van der Waals surface area contributed by atoms with Gasteiger partial charge in [0.1, 0.15) is 12.2 Å². The molecule has 0 amide bonds. The predicted molar refractivity (Wildman–Crippen MR) is 64.9 cm³/mol. The monoisotopic (exact) mass is 258 g/mol. The summed E-state index contributed by atoms with van der Waals surface area (Å²) in [5.74, 6) is -0.604. The van der Waals surface area contributed by atoms with Crippen LogP contribution in [0.3, 0.4) is 0 Å². The first kappa shape index (κ1) is 14.0. The van der Waals surface area contributed by atoms with E-state index in [-0.39, 0.29) is 24.7 Å². The molecule has 104 valence electrons. The van der Waals surface area contributed by atoms with E-state index in [1.165, 1.54) is 0 Å². The Bertz CT molecular complexity index is 304. The second-order valence-electron chi connectivity index (χ2n) is 5.27. The van der Waals surface area contributed by atoms with Crippen LogP contribution in [0.15, 0.2) is 12.7 Å². The molecule has 0 spiro atoms. The highest BCUT2D eigenvalue weighted by atomic mass is 16.8. The summed E-state index contributed by atoms with van der Waals surface area (Å²) in [6.45, 7) is 9.65. The lowest BCUT2D eigenvalue weighted by Gasteiger charge is -2.40. The lowest BCUT2D eigenvalue weighted by molar-refractivity contribution is -0.258. The molecule has 0 saturated carbocycles. The molecule has 0 aromatic heterocycles. The Balaban J connectivity index is 2.11. The largest absolute Gasteiger partial charge is 0.394 e. The van der Waals surface area contributed by atoms with Crippen molar-refractivity contribution in [2.24, 2.45) is 5.92 Å². The zero-order valence-corrected chi connectivity index (χ0v) is 11.2. The van der Waals surface area contributed by atoms with E-state index in [1.54, 1.807) is 6.08 Å². The van der Waals surface area contributed by atoms with Crippen LogP contribution in [0.4, 0.5) is 0 Å². The van der Waals surface area contributed by atoms with Crippen molar-refractivity contribution in [1.82, 2.24) is 0 Å². The Labute approximate surface area is 108 Å². The van der Waals surface area contributed by atoms with Crippen molar-refractivity contribution in [3.63, 3.8) is 0 Å². The number of fused-ring (bicyclic) bond motifs is 1. The maximum absolute atomic E-state index is 9.40. The summed E-state index contributed by atoms with van der Waals surface area (Å²) >= 11 is 0. The van der Waals surface area contributed by atoms with Crippen LogP contribution in [0.5, 0.6) is 0 Å². The maximum Gasteiger partial charge on any atom is 0.163 e. The fourth-order valence-corrected chi connectivity index (χ4v) is 2.54. The van der Waals surface area contributed by atoms with Gasteiger partial charge in [0.2, 0.25) is 0 Å². The number of rotatable bonds is 4. The van der Waals surface area contributed by atoms with E-state index < -0.39 is 18.2 Å². The van der Waals surface area contributed by atoms with Gasteiger partial charge in [-0.15, -0.1) is 6.58 Å². The fourth-order valence-electron chi connectivity index (χ4n) is 2.54. The molecule has 5 atom stereocenters. The zero-order valence-electron chi connectivity index (χ0n) is 11.2. The summed E-state index contributed by atoms with van der Waals surface area (Å²) in [6.07, 6.45) is 0.484. The fraction of sp³-hybridized carbons (Fsp3) is 0.846. The molecule has 0 bridgehead atoms. The lowest BCUT2D eigenvalue weighted by atomic mass is 9.92. The van der Waals surface area contributed by atoms with Gasteiger partial charge in [-0.05, 0) is 13.8 Å². The molecule has 5 nitrogen and oxygen atoms in total. The summed E-state index contributed by atoms with van der Waals surface area (Å²) in [5, 5.41) is 9.40. The molecule has 0 radical (unpaired) electrons. The molecule has 2 aliphatic rings. The van der Waals surface area contributed by atoms with Gasteiger partial charge < -0.3 is 24.1 Å². The summed E-state index contributed by atoms with van der Waals surface area (Å²) in [6, 6.07) is 0. The molecule has 1 N–H and O–H groups in total. The molecule has 0 aromatic rings. The van der Waals surface area contributed by atoms with E-state index in [9.17, 15) is 5.11 Å². The van der Waals surface area contributed by atoms with Crippen LogP contribution >= 0.6 is 0 Å². The number of ether oxygens (including phenoxy) is 4. The average Bonchev–Trinajstić information content (AvgIpc) is 2.65. The lowest BCUT2D eigenvalue weighted by Crippen LogP contribution is -2.54. The Morgan fingerprint density at radius 3 is 2.61 bits per heavy atom. The van der Waals surface area contributed by atoms with E-state index in [0.717, 1.165) is 0 Å². The van der Waals surface area contributed by atoms with Gasteiger partial charge >= 0.3 is 0 Å². The van der Waals surface area contributed by atoms with Crippen molar-refractivity contribution in [3.05, 3.63) is 12.7 Å². The van der Waals surface area contributed by atoms with Crippen LogP contribution < -0.4 is 0 Å². The first-order chi connectivity index (χ1) is 8.48. The SMILES string of the molecule is C=CCOC1OC(CO)C2OC(C)(C)OC2C1C. The van der Waals surface area contributed by atoms with Crippen molar-refractivity contribution >= 4 is 0 Å². The van der Waals surface area contributed by atoms with Crippen molar-refractivity contribution in [3.8, 4) is 0 Å². The first-order valence-electron chi connectivity index (χ1n) is 6.33. The van der Waals surface area contributed by atoms with Gasteiger partial charge in [0, 0.05) is 5.92 Å². The molecule has 5 unspecified atom stereocenters. The second-order valence-corrected chi connectivity index (χ2v) is 5.27. The molecular formula is C13H22O5. The minimum absolute atomic E-state index is 0.0412. The zero-order chi connectivity index (χ0) is 13.3. The van der Waals surface area contributed by atoms with Crippen LogP contribution in [0.1, 0.15) is 20.8 Å². The van der Waals surface area contributed by atoms with Crippen LogP contribution in [0, 0.1) is 5.92 Å². The third kappa shape index (κ3) is 2.60. The number of hydrogen-bond acceptors (Lipinski definition) is 5. The molecule has 0 aromatic carbocycles. The quantitative estimate of drug-likeness (QED) is 0.764. The number of aliphatic hydroxyl groups is 1. The van der Waals surface area contributed by atoms with Crippen LogP contribution in [0.2, 0.25) is 0 Å². The van der Waals surface area contributed by atoms with Crippen molar-refractivity contribution in [1.29, 1.82) is 0 Å². The Morgan fingerprint density at radius 2 is 2.00 bits per heavy atom. The summed E-state index contributed by atoms with van der Waals surface area (Å²) in [7, 11) is 0. The van der Waals surface area contributed by atoms with Gasteiger partial charge in [-0.25, -0.2) is 0 Å². The van der Waals surface area contributed by atoms with Gasteiger partial charge in [0.15, 0.2) is 12.1 Å². The van der Waals surface area contributed by atoms with E-state index in [1.807, 2.05) is 20.8 Å². The Kier molecular flexibility index (Phi) is 4.08. The van der Waals surface area contributed by atoms with Crippen molar-refractivity contribution < 1.29 is 24.1 Å². The van der Waals surface area contributed by atoms with E-state index >= 15 is 0 Å². The normalized spacial score (nSPS) is 42.6. The third-order valence-corrected chi connectivity index (χ3v) is 3.34. The highest BCUT2D eigenvalue weighted by Crippen LogP contribution is 2.40. The molecule has 18 heavy (non-hydrogen) atoms. The topological polar surface area (TPSA) is 57.2 Å². The third-order valence-electron chi connectivity index (χ3n) is 3.34. The molecule has 2 heterocycles. The van der Waals surface area contributed by atoms with E-state index in [0.29, 0.717) is 6.61 Å². The van der Waals surface area contributed by atoms with E-state index in [4.69, 9.17) is 18.9 Å². The van der Waals surface area contributed by atoms with Crippen molar-refractivity contribution in [2.45, 2.75) is 51.2 Å². The highest BCUT2D eigenvalue weighted by molar-refractivity contribution is 4.94. The van der Waals surface area contributed by atoms with Crippen molar-refractivity contribution in [2.75, 3.05) is 13.2 Å². The Morgan fingerprint density at radius 1 is 1.33 bits per heavy atom. The predicted octanol–water partition coefficient (Wildman–Crippen LogP) is 1.06. The standard InChI is InChI=1S/C13H22O5/c1-5-6-15-12-8(2)10-11(9(7-14)16-12)18-13(3,4)17-10/h5,8-12,14H,1,6-7H2,2-4H3. The first-order valence-corrected chi connectivity index (χ1v) is 6.33. The molecule has 2 fully saturated rings. The maximum atomic E-state index is 9.40. The van der Waals surface area contributed by atoms with Gasteiger partial charge in [0.05, 0.1) is 19.3 Å². The number of aliphatic hydroxyl groups excluding tert-OH is 1. The van der Waals surface area contributed by atoms with E-state index in [2.05, 4.69) is 6.58 Å². The molecule has 2 aliphatic heterocycles. The molecule has 0 aliphatic carbocycles. The smallest absolute Gasteiger partial charge is 0.163 e. The highest BCUT2D eigenvalue weighted by Gasteiger charge is 2.53. The van der Waals surface area contributed by atoms with Crippen LogP contribution in [0.25, 0.3) is 0 Å². The van der Waals surface area contributed by atoms with Gasteiger partial charge in [-0.2, -0.15) is 0 Å². The van der Waals surface area contributed by atoms with Gasteiger partial charge in [-0.1, -0.05) is 13.0 Å². The summed E-state index contributed by atoms with van der Waals surface area (Å²) < 4.78 is 23.0. The average molecular weight is 258 g/mol. The molecule has 2 rings (SSSR count). The number of hydrogen-bond donors (Lipinski definition) is 1. The minimum atomic E-state index is -0.645. The van der Waals surface area contributed by atoms with Crippen LogP contribution in [-0.4, -0.2) is 48.7 Å². The van der Waals surface area contributed by atoms with Gasteiger partial charge in [-0.3, -0.25) is 0 Å². The molecule has 5 heteroatoms. The summed E-state index contributed by atoms with van der Waals surface area (Å²) in [5.41, 5.74) is 0. The summed E-state index contributed by atoms with van der Waals surface area (Å²) in [4.78, 5) is 0. The Hall–Kier alpha value is -0.460. The minimum Gasteiger partial charge on any atom is -0.394 e. The second kappa shape index (κ2) is 5.27.